The maximum absolute atomic E-state index is 12.1. The van der Waals surface area contributed by atoms with E-state index in [1.807, 2.05) is 6.92 Å². The second-order valence-electron chi connectivity index (χ2n) is 7.31. The third-order valence-electron chi connectivity index (χ3n) is 5.06. The van der Waals surface area contributed by atoms with Crippen LogP contribution in [0.25, 0.3) is 0 Å². The monoisotopic (exact) mass is 381 g/mol. The number of anilines is 3. The van der Waals surface area contributed by atoms with Crippen molar-refractivity contribution in [2.75, 3.05) is 29.1 Å². The quantitative estimate of drug-likeness (QED) is 0.764. The summed E-state index contributed by atoms with van der Waals surface area (Å²) in [6, 6.07) is 3.87. The number of aromatic nitrogens is 3. The summed E-state index contributed by atoms with van der Waals surface area (Å²) in [6.07, 6.45) is 8.08. The zero-order chi connectivity index (χ0) is 19.7. The highest BCUT2D eigenvalue weighted by atomic mass is 16.2. The van der Waals surface area contributed by atoms with Crippen molar-refractivity contribution >= 4 is 29.3 Å². The lowest BCUT2D eigenvalue weighted by atomic mass is 10.2. The summed E-state index contributed by atoms with van der Waals surface area (Å²) in [6.45, 7) is 2.01. The molecule has 1 aliphatic heterocycles. The largest absolute Gasteiger partial charge is 0.367 e. The smallest absolute Gasteiger partial charge is 0.331 e. The van der Waals surface area contributed by atoms with Gasteiger partial charge in [-0.25, -0.2) is 19.7 Å². The fourth-order valence-electron chi connectivity index (χ4n) is 3.61. The molecule has 3 amide bonds. The van der Waals surface area contributed by atoms with E-state index in [9.17, 15) is 9.59 Å². The number of carbonyl (C=O) groups is 2. The molecule has 0 unspecified atom stereocenters. The number of hydrogen-bond acceptors (Lipinski definition) is 7. The van der Waals surface area contributed by atoms with E-state index in [0.717, 1.165) is 41.5 Å². The number of likely N-dealkylation sites (N-methyl/N-ethyl adjacent to an activating group) is 1. The molecule has 28 heavy (non-hydrogen) atoms. The van der Waals surface area contributed by atoms with Crippen molar-refractivity contribution in [3.05, 3.63) is 36.4 Å². The van der Waals surface area contributed by atoms with Crippen LogP contribution in [0.1, 0.15) is 25.0 Å². The summed E-state index contributed by atoms with van der Waals surface area (Å²) in [4.78, 5) is 39.6. The fourth-order valence-corrected chi connectivity index (χ4v) is 3.61. The topological polar surface area (TPSA) is 103 Å². The molecule has 0 spiro atoms. The number of pyridine rings is 1. The van der Waals surface area contributed by atoms with Gasteiger partial charge >= 0.3 is 6.03 Å². The van der Waals surface area contributed by atoms with E-state index in [4.69, 9.17) is 0 Å². The molecule has 0 bridgehead atoms. The van der Waals surface area contributed by atoms with E-state index in [1.165, 1.54) is 4.90 Å². The summed E-state index contributed by atoms with van der Waals surface area (Å²) >= 11 is 0. The van der Waals surface area contributed by atoms with Gasteiger partial charge in [0.15, 0.2) is 0 Å². The summed E-state index contributed by atoms with van der Waals surface area (Å²) in [5, 5.41) is 6.85. The second-order valence-corrected chi connectivity index (χ2v) is 7.31. The van der Waals surface area contributed by atoms with Gasteiger partial charge in [0.05, 0.1) is 30.0 Å². The Labute approximate surface area is 163 Å². The van der Waals surface area contributed by atoms with Crippen LogP contribution in [0, 0.1) is 6.92 Å². The van der Waals surface area contributed by atoms with Crippen LogP contribution in [0.3, 0.4) is 0 Å². The van der Waals surface area contributed by atoms with Gasteiger partial charge in [-0.3, -0.25) is 9.78 Å². The van der Waals surface area contributed by atoms with Gasteiger partial charge in [0, 0.05) is 19.1 Å². The molecule has 1 aliphatic carbocycles. The normalized spacial score (nSPS) is 22.1. The summed E-state index contributed by atoms with van der Waals surface area (Å²) in [7, 11) is 1.61. The Morgan fingerprint density at radius 1 is 0.964 bits per heavy atom. The molecule has 146 valence electrons. The highest BCUT2D eigenvalue weighted by molar-refractivity contribution is 6.19. The third-order valence-corrected chi connectivity index (χ3v) is 5.06. The minimum atomic E-state index is -0.323. The lowest BCUT2D eigenvalue weighted by Crippen LogP contribution is -2.31. The van der Waals surface area contributed by atoms with Crippen LogP contribution in [0.2, 0.25) is 0 Å². The van der Waals surface area contributed by atoms with Gasteiger partial charge in [0.2, 0.25) is 0 Å². The molecule has 2 aromatic rings. The van der Waals surface area contributed by atoms with Crippen molar-refractivity contribution < 1.29 is 9.59 Å². The molecule has 0 radical (unpaired) electrons. The first-order valence-corrected chi connectivity index (χ1v) is 9.35. The SMILES string of the molecule is Cc1cnc(N[C@H]2CC[C@H](Nc3ccc(N4C(=O)CN(C)C4=O)cn3)C2)cn1. The molecule has 0 aromatic carbocycles. The zero-order valence-corrected chi connectivity index (χ0v) is 15.9. The lowest BCUT2D eigenvalue weighted by Gasteiger charge is -2.17. The first-order chi connectivity index (χ1) is 13.5. The Hall–Kier alpha value is -3.23. The van der Waals surface area contributed by atoms with E-state index in [0.29, 0.717) is 17.8 Å². The Balaban J connectivity index is 1.33. The molecule has 2 aromatic heterocycles. The number of amides is 3. The van der Waals surface area contributed by atoms with E-state index in [2.05, 4.69) is 25.6 Å². The van der Waals surface area contributed by atoms with Crippen LogP contribution in [0.15, 0.2) is 30.7 Å². The van der Waals surface area contributed by atoms with Crippen molar-refractivity contribution in [1.82, 2.24) is 19.9 Å². The number of nitrogens with zero attached hydrogens (tertiary/aromatic N) is 5. The van der Waals surface area contributed by atoms with E-state index in [-0.39, 0.29) is 18.5 Å². The number of hydrogen-bond donors (Lipinski definition) is 2. The Bertz CT molecular complexity index is 869. The highest BCUT2D eigenvalue weighted by Crippen LogP contribution is 2.26. The van der Waals surface area contributed by atoms with Crippen LogP contribution in [-0.4, -0.2) is 57.5 Å². The van der Waals surface area contributed by atoms with Crippen LogP contribution in [0.5, 0.6) is 0 Å². The average molecular weight is 381 g/mol. The predicted octanol–water partition coefficient (Wildman–Crippen LogP) is 2.02. The lowest BCUT2D eigenvalue weighted by molar-refractivity contribution is -0.116. The number of rotatable bonds is 5. The van der Waals surface area contributed by atoms with Gasteiger partial charge in [-0.2, -0.15) is 0 Å². The number of nitrogens with one attached hydrogen (secondary N) is 2. The molecule has 2 aliphatic rings. The van der Waals surface area contributed by atoms with Gasteiger partial charge in [-0.05, 0) is 38.3 Å². The Morgan fingerprint density at radius 2 is 1.68 bits per heavy atom. The van der Waals surface area contributed by atoms with Gasteiger partial charge in [-0.15, -0.1) is 0 Å². The number of urea groups is 1. The first-order valence-electron chi connectivity index (χ1n) is 9.35. The maximum atomic E-state index is 12.1. The number of imide groups is 1. The molecule has 2 atom stereocenters. The van der Waals surface area contributed by atoms with Gasteiger partial charge in [0.1, 0.15) is 18.2 Å². The van der Waals surface area contributed by atoms with Crippen molar-refractivity contribution in [3.8, 4) is 0 Å². The van der Waals surface area contributed by atoms with E-state index >= 15 is 0 Å². The molecule has 1 saturated heterocycles. The molecule has 2 fully saturated rings. The number of carbonyl (C=O) groups excluding carboxylic acids is 2. The van der Waals surface area contributed by atoms with Crippen molar-refractivity contribution in [2.45, 2.75) is 38.3 Å². The summed E-state index contributed by atoms with van der Waals surface area (Å²) in [5.41, 5.74) is 1.39. The highest BCUT2D eigenvalue weighted by Gasteiger charge is 2.35. The summed E-state index contributed by atoms with van der Waals surface area (Å²) in [5.74, 6) is 1.29. The minimum absolute atomic E-state index is 0.0979. The zero-order valence-electron chi connectivity index (χ0n) is 15.9. The Kier molecular flexibility index (Phi) is 4.81. The van der Waals surface area contributed by atoms with E-state index in [1.54, 1.807) is 37.8 Å². The summed E-state index contributed by atoms with van der Waals surface area (Å²) < 4.78 is 0. The van der Waals surface area contributed by atoms with Crippen molar-refractivity contribution in [1.29, 1.82) is 0 Å². The minimum Gasteiger partial charge on any atom is -0.367 e. The number of aryl methyl sites for hydroxylation is 1. The van der Waals surface area contributed by atoms with Crippen LogP contribution in [0.4, 0.5) is 22.1 Å². The van der Waals surface area contributed by atoms with E-state index < -0.39 is 0 Å². The van der Waals surface area contributed by atoms with Crippen molar-refractivity contribution in [3.63, 3.8) is 0 Å². The van der Waals surface area contributed by atoms with Gasteiger partial charge < -0.3 is 15.5 Å². The van der Waals surface area contributed by atoms with Crippen molar-refractivity contribution in [2.24, 2.45) is 0 Å². The molecular weight excluding hydrogens is 358 g/mol. The van der Waals surface area contributed by atoms with Crippen LogP contribution in [-0.2, 0) is 4.79 Å². The van der Waals surface area contributed by atoms with Gasteiger partial charge in [0.25, 0.3) is 5.91 Å². The van der Waals surface area contributed by atoms with Crippen LogP contribution >= 0.6 is 0 Å². The third kappa shape index (κ3) is 3.73. The fraction of sp³-hybridized carbons (Fsp3) is 0.421. The standard InChI is InChI=1S/C19H23N7O2/c1-12-8-21-17(10-20-12)24-14-4-3-13(7-14)23-16-6-5-15(9-22-16)26-18(27)11-25(2)19(26)28/h5-6,8-10,13-14H,3-4,7,11H2,1-2H3,(H,21,24)(H,22,23)/t13-,14-/m0/s1. The molecule has 9 nitrogen and oxygen atoms in total. The Morgan fingerprint density at radius 3 is 2.25 bits per heavy atom. The molecule has 9 heteroatoms. The van der Waals surface area contributed by atoms with Gasteiger partial charge in [-0.1, -0.05) is 0 Å². The predicted molar refractivity (Wildman–Crippen MR) is 105 cm³/mol. The molecule has 3 heterocycles. The molecule has 2 N–H and O–H groups in total. The van der Waals surface area contributed by atoms with Crippen LogP contribution < -0.4 is 15.5 Å². The molecule has 4 rings (SSSR count). The molecule has 1 saturated carbocycles. The first kappa shape index (κ1) is 18.1. The molecular formula is C19H23N7O2. The average Bonchev–Trinajstić information content (AvgIpc) is 3.21. The maximum Gasteiger partial charge on any atom is 0.331 e. The second kappa shape index (κ2) is 7.41.